The average molecular weight is 195 g/mol. The third-order valence-electron chi connectivity index (χ3n) is 2.36. The van der Waals surface area contributed by atoms with Gasteiger partial charge in [0.2, 0.25) is 0 Å². The van der Waals surface area contributed by atoms with Crippen LogP contribution in [0.15, 0.2) is 0 Å². The van der Waals surface area contributed by atoms with E-state index < -0.39 is 18.3 Å². The van der Waals surface area contributed by atoms with Gasteiger partial charge in [-0.2, -0.15) is 18.2 Å². The Kier molecular flexibility index (Phi) is 1.85. The highest BCUT2D eigenvalue weighted by Gasteiger charge is 2.53. The van der Waals surface area contributed by atoms with Crippen LogP contribution in [-0.2, 0) is 9.63 Å². The van der Waals surface area contributed by atoms with Gasteiger partial charge in [0.25, 0.3) is 0 Å². The van der Waals surface area contributed by atoms with Crippen LogP contribution in [0.5, 0.6) is 0 Å². The van der Waals surface area contributed by atoms with Crippen LogP contribution in [0.1, 0.15) is 12.8 Å². The minimum atomic E-state index is -4.29. The molecule has 3 nitrogen and oxygen atoms in total. The number of ketones is 1. The second kappa shape index (κ2) is 2.68. The average Bonchev–Trinajstić information content (AvgIpc) is 2.36. The molecule has 2 rings (SSSR count). The van der Waals surface area contributed by atoms with Gasteiger partial charge in [0, 0.05) is 19.4 Å². The molecule has 2 saturated heterocycles. The predicted molar refractivity (Wildman–Crippen MR) is 35.7 cm³/mol. The molecule has 6 heteroatoms. The van der Waals surface area contributed by atoms with E-state index in [0.29, 0.717) is 0 Å². The molecule has 0 aromatic carbocycles. The molecule has 2 fully saturated rings. The Bertz CT molecular complexity index is 240. The highest BCUT2D eigenvalue weighted by atomic mass is 19.4. The Morgan fingerprint density at radius 1 is 1.46 bits per heavy atom. The van der Waals surface area contributed by atoms with Gasteiger partial charge >= 0.3 is 6.18 Å². The minimum absolute atomic E-state index is 0.0551. The fourth-order valence-corrected chi connectivity index (χ4v) is 1.68. The summed E-state index contributed by atoms with van der Waals surface area (Å²) in [6.45, 7) is 0.0551. The molecule has 74 valence electrons. The van der Waals surface area contributed by atoms with E-state index in [4.69, 9.17) is 4.84 Å². The SMILES string of the molecule is O=C1CCN2O[C@@H]1C[C@H]2C(F)(F)F. The Hall–Kier alpha value is -0.620. The summed E-state index contributed by atoms with van der Waals surface area (Å²) >= 11 is 0. The minimum Gasteiger partial charge on any atom is -0.297 e. The summed E-state index contributed by atoms with van der Waals surface area (Å²) in [6.07, 6.45) is -5.24. The lowest BCUT2D eigenvalue weighted by Gasteiger charge is -2.25. The van der Waals surface area contributed by atoms with Gasteiger partial charge in [0.1, 0.15) is 12.1 Å². The van der Waals surface area contributed by atoms with Gasteiger partial charge in [-0.05, 0) is 0 Å². The molecule has 2 heterocycles. The molecule has 0 spiro atoms. The van der Waals surface area contributed by atoms with Crippen LogP contribution in [0.25, 0.3) is 0 Å². The van der Waals surface area contributed by atoms with Crippen LogP contribution in [0, 0.1) is 0 Å². The number of rotatable bonds is 0. The number of nitrogens with zero attached hydrogens (tertiary/aromatic N) is 1. The number of carbonyl (C=O) groups is 1. The summed E-state index contributed by atoms with van der Waals surface area (Å²) in [5, 5.41) is 0.881. The van der Waals surface area contributed by atoms with Crippen molar-refractivity contribution in [2.45, 2.75) is 31.2 Å². The second-order valence-electron chi connectivity index (χ2n) is 3.24. The number of hydrogen-bond donors (Lipinski definition) is 0. The molecule has 13 heavy (non-hydrogen) atoms. The van der Waals surface area contributed by atoms with Gasteiger partial charge in [-0.1, -0.05) is 0 Å². The third kappa shape index (κ3) is 1.44. The van der Waals surface area contributed by atoms with Gasteiger partial charge < -0.3 is 0 Å². The van der Waals surface area contributed by atoms with Crippen molar-refractivity contribution in [1.82, 2.24) is 5.06 Å². The Balaban J connectivity index is 2.15. The van der Waals surface area contributed by atoms with Crippen LogP contribution in [0.4, 0.5) is 13.2 Å². The second-order valence-corrected chi connectivity index (χ2v) is 3.24. The van der Waals surface area contributed by atoms with Crippen LogP contribution in [0.2, 0.25) is 0 Å². The molecule has 3 atom stereocenters. The van der Waals surface area contributed by atoms with Crippen LogP contribution < -0.4 is 0 Å². The lowest BCUT2D eigenvalue weighted by atomic mass is 10.1. The zero-order chi connectivity index (χ0) is 9.64. The van der Waals surface area contributed by atoms with Crippen molar-refractivity contribution in [3.63, 3.8) is 0 Å². The first kappa shape index (κ1) is 8.96. The predicted octanol–water partition coefficient (Wildman–Crippen LogP) is 0.896. The molecule has 2 aliphatic rings. The van der Waals surface area contributed by atoms with Crippen molar-refractivity contribution in [2.24, 2.45) is 0 Å². The maximum absolute atomic E-state index is 12.3. The molecule has 0 aromatic heterocycles. The number of alkyl halides is 3. The quantitative estimate of drug-likeness (QED) is 0.575. The Morgan fingerprint density at radius 3 is 2.69 bits per heavy atom. The lowest BCUT2D eigenvalue weighted by molar-refractivity contribution is -0.248. The third-order valence-corrected chi connectivity index (χ3v) is 2.36. The fraction of sp³-hybridized carbons (Fsp3) is 0.857. The fourth-order valence-electron chi connectivity index (χ4n) is 1.68. The summed E-state index contributed by atoms with van der Waals surface area (Å²) < 4.78 is 36.9. The number of halogens is 3. The first-order valence-electron chi connectivity index (χ1n) is 4.01. The number of hydroxylamine groups is 2. The number of Topliss-reactive ketones (excluding diaryl/α,β-unsaturated/α-hetero) is 1. The molecule has 0 N–H and O–H groups in total. The molecular weight excluding hydrogens is 187 g/mol. The maximum atomic E-state index is 12.3. The standard InChI is InChI=1S/C7H8F3NO2/c8-7(9,10)6-3-5-4(12)1-2-11(6)13-5/h5-6H,1-3H2/t5-,6+/m1/s1. The number of fused-ring (bicyclic) bond motifs is 2. The molecule has 2 bridgehead atoms. The summed E-state index contributed by atoms with van der Waals surface area (Å²) in [5.74, 6) is -0.219. The van der Waals surface area contributed by atoms with Gasteiger partial charge in [-0.3, -0.25) is 9.63 Å². The van der Waals surface area contributed by atoms with Crippen LogP contribution >= 0.6 is 0 Å². The van der Waals surface area contributed by atoms with E-state index >= 15 is 0 Å². The molecular formula is C7H8F3NO2. The normalized spacial score (nSPS) is 39.6. The summed E-state index contributed by atoms with van der Waals surface area (Å²) in [4.78, 5) is 15.8. The van der Waals surface area contributed by atoms with E-state index in [2.05, 4.69) is 0 Å². The zero-order valence-electron chi connectivity index (χ0n) is 6.67. The van der Waals surface area contributed by atoms with E-state index in [9.17, 15) is 18.0 Å². The molecule has 0 aliphatic carbocycles. The lowest BCUT2D eigenvalue weighted by Crippen LogP contribution is -2.42. The topological polar surface area (TPSA) is 29.5 Å². The highest BCUT2D eigenvalue weighted by Crippen LogP contribution is 2.36. The molecule has 0 aromatic rings. The van der Waals surface area contributed by atoms with Crippen LogP contribution in [0.3, 0.4) is 0 Å². The number of carbonyl (C=O) groups excluding carboxylic acids is 1. The van der Waals surface area contributed by atoms with E-state index in [-0.39, 0.29) is 25.2 Å². The largest absolute Gasteiger partial charge is 0.406 e. The van der Waals surface area contributed by atoms with E-state index in [1.165, 1.54) is 0 Å². The smallest absolute Gasteiger partial charge is 0.297 e. The van der Waals surface area contributed by atoms with Crippen molar-refractivity contribution in [2.75, 3.05) is 6.54 Å². The van der Waals surface area contributed by atoms with Crippen molar-refractivity contribution in [3.05, 3.63) is 0 Å². The summed E-state index contributed by atoms with van der Waals surface area (Å²) in [7, 11) is 0. The highest BCUT2D eigenvalue weighted by molar-refractivity contribution is 5.84. The maximum Gasteiger partial charge on any atom is 0.406 e. The van der Waals surface area contributed by atoms with Crippen molar-refractivity contribution in [1.29, 1.82) is 0 Å². The van der Waals surface area contributed by atoms with Crippen molar-refractivity contribution < 1.29 is 22.8 Å². The van der Waals surface area contributed by atoms with Crippen LogP contribution in [-0.4, -0.2) is 35.7 Å². The Morgan fingerprint density at radius 2 is 2.15 bits per heavy atom. The molecule has 0 amide bonds. The molecule has 0 radical (unpaired) electrons. The summed E-state index contributed by atoms with van der Waals surface area (Å²) in [6, 6.07) is -1.59. The monoisotopic (exact) mass is 195 g/mol. The van der Waals surface area contributed by atoms with Crippen molar-refractivity contribution >= 4 is 5.78 Å². The van der Waals surface area contributed by atoms with Crippen molar-refractivity contribution in [3.8, 4) is 0 Å². The zero-order valence-corrected chi connectivity index (χ0v) is 6.67. The molecule has 2 aliphatic heterocycles. The van der Waals surface area contributed by atoms with E-state index in [1.54, 1.807) is 0 Å². The van der Waals surface area contributed by atoms with Gasteiger partial charge in [0.05, 0.1) is 0 Å². The first-order chi connectivity index (χ1) is 5.98. The first-order valence-corrected chi connectivity index (χ1v) is 4.01. The van der Waals surface area contributed by atoms with Gasteiger partial charge in [-0.15, -0.1) is 0 Å². The summed E-state index contributed by atoms with van der Waals surface area (Å²) in [5.41, 5.74) is 0. The Labute approximate surface area is 72.4 Å². The molecule has 1 unspecified atom stereocenters. The van der Waals surface area contributed by atoms with Gasteiger partial charge in [-0.25, -0.2) is 0 Å². The van der Waals surface area contributed by atoms with Gasteiger partial charge in [0.15, 0.2) is 5.78 Å². The van der Waals surface area contributed by atoms with E-state index in [1.807, 2.05) is 0 Å². The number of hydrogen-bond acceptors (Lipinski definition) is 3. The molecule has 0 saturated carbocycles. The van der Waals surface area contributed by atoms with E-state index in [0.717, 1.165) is 5.06 Å².